The Labute approximate surface area is 181 Å². The molecule has 0 aliphatic carbocycles. The van der Waals surface area contributed by atoms with Gasteiger partial charge in [0.2, 0.25) is 11.8 Å². The number of aromatic amines is 1. The van der Waals surface area contributed by atoms with Crippen LogP contribution in [0, 0.1) is 21.4 Å². The Morgan fingerprint density at radius 3 is 2.97 bits per heavy atom. The van der Waals surface area contributed by atoms with Crippen LogP contribution in [-0.4, -0.2) is 50.5 Å². The molecule has 10 nitrogen and oxygen atoms in total. The van der Waals surface area contributed by atoms with E-state index in [0.717, 1.165) is 22.7 Å². The van der Waals surface area contributed by atoms with Crippen molar-refractivity contribution in [3.8, 4) is 17.7 Å². The number of nitro groups is 1. The Balaban J connectivity index is 1.50. The maximum atomic E-state index is 13.7. The van der Waals surface area contributed by atoms with Crippen LogP contribution in [0.25, 0.3) is 10.9 Å². The Kier molecular flexibility index (Phi) is 5.70. The SMILES string of the molecule is N#C[C@@H]1CC(F)CN1C(=O)[C@@H](N)Cc1c[nH]c2ccc(Oc3ccc([N+](=O)[O-])cn3)cc12. The number of amides is 1. The van der Waals surface area contributed by atoms with E-state index in [1.54, 1.807) is 24.4 Å². The highest BCUT2D eigenvalue weighted by Gasteiger charge is 2.37. The van der Waals surface area contributed by atoms with E-state index in [-0.39, 0.29) is 31.0 Å². The summed E-state index contributed by atoms with van der Waals surface area (Å²) in [4.78, 5) is 31.1. The number of nitrogens with zero attached hydrogens (tertiary/aromatic N) is 4. The number of fused-ring (bicyclic) bond motifs is 1. The highest BCUT2D eigenvalue weighted by atomic mass is 19.1. The summed E-state index contributed by atoms with van der Waals surface area (Å²) in [7, 11) is 0. The molecule has 32 heavy (non-hydrogen) atoms. The minimum Gasteiger partial charge on any atom is -0.439 e. The molecule has 0 saturated carbocycles. The highest BCUT2D eigenvalue weighted by Crippen LogP contribution is 2.28. The third-order valence-corrected chi connectivity index (χ3v) is 5.33. The van der Waals surface area contributed by atoms with Gasteiger partial charge in [-0.2, -0.15) is 5.26 Å². The Hall–Kier alpha value is -4.04. The van der Waals surface area contributed by atoms with Crippen molar-refractivity contribution in [3.05, 3.63) is 58.4 Å². The van der Waals surface area contributed by atoms with E-state index in [2.05, 4.69) is 9.97 Å². The molecule has 0 spiro atoms. The van der Waals surface area contributed by atoms with Crippen LogP contribution >= 0.6 is 0 Å². The molecule has 3 N–H and O–H groups in total. The number of nitrogens with one attached hydrogen (secondary N) is 1. The Bertz CT molecular complexity index is 1210. The number of ether oxygens (including phenoxy) is 1. The number of aromatic nitrogens is 2. The molecule has 1 aliphatic heterocycles. The van der Waals surface area contributed by atoms with Crippen LogP contribution in [0.5, 0.6) is 11.6 Å². The summed E-state index contributed by atoms with van der Waals surface area (Å²) in [6, 6.07) is 8.14. The predicted octanol–water partition coefficient (Wildman–Crippen LogP) is 2.60. The summed E-state index contributed by atoms with van der Waals surface area (Å²) in [5, 5.41) is 20.7. The minimum absolute atomic E-state index is 0.000572. The monoisotopic (exact) mass is 438 g/mol. The first-order valence-corrected chi connectivity index (χ1v) is 9.83. The van der Waals surface area contributed by atoms with E-state index < -0.39 is 29.1 Å². The second kappa shape index (κ2) is 8.60. The number of alkyl halides is 1. The average Bonchev–Trinajstić information content (AvgIpc) is 3.36. The second-order valence-corrected chi connectivity index (χ2v) is 7.51. The number of likely N-dealkylation sites (tertiary alicyclic amines) is 1. The highest BCUT2D eigenvalue weighted by molar-refractivity contribution is 5.87. The summed E-state index contributed by atoms with van der Waals surface area (Å²) in [5.74, 6) is 0.175. The molecule has 164 valence electrons. The molecule has 2 aromatic heterocycles. The van der Waals surface area contributed by atoms with E-state index in [1.807, 2.05) is 6.07 Å². The van der Waals surface area contributed by atoms with Crippen LogP contribution in [0.15, 0.2) is 42.7 Å². The summed E-state index contributed by atoms with van der Waals surface area (Å²) in [6.45, 7) is -0.126. The van der Waals surface area contributed by atoms with Gasteiger partial charge in [-0.3, -0.25) is 14.9 Å². The van der Waals surface area contributed by atoms with Gasteiger partial charge in [0.15, 0.2) is 0 Å². The van der Waals surface area contributed by atoms with Gasteiger partial charge in [-0.05, 0) is 30.2 Å². The van der Waals surface area contributed by atoms with Crippen molar-refractivity contribution in [1.82, 2.24) is 14.9 Å². The van der Waals surface area contributed by atoms with Gasteiger partial charge in [-0.25, -0.2) is 9.37 Å². The summed E-state index contributed by atoms with van der Waals surface area (Å²) in [5.41, 5.74) is 7.52. The molecule has 1 amide bonds. The molecule has 11 heteroatoms. The molecule has 3 heterocycles. The van der Waals surface area contributed by atoms with Gasteiger partial charge >= 0.3 is 0 Å². The van der Waals surface area contributed by atoms with Gasteiger partial charge in [0, 0.05) is 35.7 Å². The van der Waals surface area contributed by atoms with Gasteiger partial charge in [0.25, 0.3) is 5.69 Å². The summed E-state index contributed by atoms with van der Waals surface area (Å²) < 4.78 is 19.3. The second-order valence-electron chi connectivity index (χ2n) is 7.51. The Morgan fingerprint density at radius 1 is 1.47 bits per heavy atom. The fraction of sp³-hybridized carbons (Fsp3) is 0.286. The maximum absolute atomic E-state index is 13.7. The number of carbonyl (C=O) groups excluding carboxylic acids is 1. The molecule has 1 aliphatic rings. The first-order chi connectivity index (χ1) is 15.4. The van der Waals surface area contributed by atoms with E-state index >= 15 is 0 Å². The first-order valence-electron chi connectivity index (χ1n) is 9.83. The smallest absolute Gasteiger partial charge is 0.287 e. The molecular formula is C21H19FN6O4. The van der Waals surface area contributed by atoms with E-state index in [4.69, 9.17) is 15.7 Å². The minimum atomic E-state index is -1.23. The number of hydrogen-bond donors (Lipinski definition) is 2. The van der Waals surface area contributed by atoms with Crippen molar-refractivity contribution < 1.29 is 18.8 Å². The van der Waals surface area contributed by atoms with Crippen LogP contribution in [-0.2, 0) is 11.2 Å². The normalized spacial score (nSPS) is 19.0. The lowest BCUT2D eigenvalue weighted by Gasteiger charge is -2.23. The zero-order valence-electron chi connectivity index (χ0n) is 16.8. The van der Waals surface area contributed by atoms with Crippen LogP contribution in [0.3, 0.4) is 0 Å². The number of halogens is 1. The fourth-order valence-electron chi connectivity index (χ4n) is 3.74. The van der Waals surface area contributed by atoms with Crippen molar-refractivity contribution in [3.63, 3.8) is 0 Å². The van der Waals surface area contributed by atoms with Crippen molar-refractivity contribution in [1.29, 1.82) is 5.26 Å². The number of hydrogen-bond acceptors (Lipinski definition) is 7. The van der Waals surface area contributed by atoms with Gasteiger partial charge in [0.05, 0.1) is 23.6 Å². The Morgan fingerprint density at radius 2 is 2.28 bits per heavy atom. The predicted molar refractivity (Wildman–Crippen MR) is 112 cm³/mol. The van der Waals surface area contributed by atoms with Gasteiger partial charge in [-0.15, -0.1) is 0 Å². The molecule has 1 fully saturated rings. The number of nitrogens with two attached hydrogens (primary N) is 1. The molecule has 0 bridgehead atoms. The number of pyridine rings is 1. The average molecular weight is 438 g/mol. The van der Waals surface area contributed by atoms with Crippen LogP contribution < -0.4 is 10.5 Å². The molecule has 1 aromatic carbocycles. The fourth-order valence-corrected chi connectivity index (χ4v) is 3.74. The van der Waals surface area contributed by atoms with Crippen molar-refractivity contribution in [2.75, 3.05) is 6.54 Å². The van der Waals surface area contributed by atoms with E-state index in [9.17, 15) is 19.3 Å². The standard InChI is InChI=1S/C21H19FN6O4/c22-13-6-15(8-23)27(11-13)21(29)18(24)5-12-9-25-19-3-2-16(7-17(12)19)32-20-4-1-14(10-26-20)28(30)31/h1-4,7,9-10,13,15,18,25H,5-6,11,24H2/t13?,15-,18-/m0/s1. The molecule has 0 radical (unpaired) electrons. The number of H-pyrrole nitrogens is 1. The summed E-state index contributed by atoms with van der Waals surface area (Å²) >= 11 is 0. The van der Waals surface area contributed by atoms with Crippen molar-refractivity contribution in [2.45, 2.75) is 31.1 Å². The van der Waals surface area contributed by atoms with Gasteiger partial charge in [-0.1, -0.05) is 0 Å². The number of carbonyl (C=O) groups is 1. The number of nitriles is 1. The van der Waals surface area contributed by atoms with Crippen LogP contribution in [0.4, 0.5) is 10.1 Å². The number of benzene rings is 1. The lowest BCUT2D eigenvalue weighted by atomic mass is 10.0. The largest absolute Gasteiger partial charge is 0.439 e. The topological polar surface area (TPSA) is 151 Å². The molecule has 3 atom stereocenters. The first kappa shape index (κ1) is 21.2. The molecule has 4 rings (SSSR count). The molecule has 3 aromatic rings. The summed E-state index contributed by atoms with van der Waals surface area (Å²) in [6.07, 6.45) is 1.80. The third kappa shape index (κ3) is 4.21. The third-order valence-electron chi connectivity index (χ3n) is 5.33. The quantitative estimate of drug-likeness (QED) is 0.443. The zero-order chi connectivity index (χ0) is 22.8. The van der Waals surface area contributed by atoms with E-state index in [0.29, 0.717) is 5.75 Å². The van der Waals surface area contributed by atoms with Crippen LogP contribution in [0.1, 0.15) is 12.0 Å². The lowest BCUT2D eigenvalue weighted by molar-refractivity contribution is -0.385. The van der Waals surface area contributed by atoms with Gasteiger partial charge < -0.3 is 20.4 Å². The zero-order valence-corrected chi connectivity index (χ0v) is 16.8. The molecular weight excluding hydrogens is 419 g/mol. The van der Waals surface area contributed by atoms with E-state index in [1.165, 1.54) is 17.0 Å². The maximum Gasteiger partial charge on any atom is 0.287 e. The number of rotatable bonds is 6. The van der Waals surface area contributed by atoms with Crippen molar-refractivity contribution in [2.24, 2.45) is 5.73 Å². The van der Waals surface area contributed by atoms with Gasteiger partial charge in [0.1, 0.15) is 24.2 Å². The molecule has 1 saturated heterocycles. The van der Waals surface area contributed by atoms with Crippen LogP contribution in [0.2, 0.25) is 0 Å². The lowest BCUT2D eigenvalue weighted by Crippen LogP contribution is -2.46. The van der Waals surface area contributed by atoms with Crippen molar-refractivity contribution >= 4 is 22.5 Å². The molecule has 1 unspecified atom stereocenters.